The van der Waals surface area contributed by atoms with E-state index >= 15 is 0 Å². The number of nitrogens with one attached hydrogen (secondary N) is 1. The van der Waals surface area contributed by atoms with Crippen LogP contribution < -0.4 is 16.4 Å². The van der Waals surface area contributed by atoms with E-state index in [4.69, 9.17) is 5.73 Å². The summed E-state index contributed by atoms with van der Waals surface area (Å²) in [5, 5.41) is 6.72. The van der Waals surface area contributed by atoms with Crippen molar-refractivity contribution in [2.75, 3.05) is 11.9 Å². The fraction of sp³-hybridized carbons (Fsp3) is 0.182. The number of carbonyl (C=O) groups excluding carboxylic acids is 2. The van der Waals surface area contributed by atoms with Gasteiger partial charge in [0.05, 0.1) is 5.56 Å². The van der Waals surface area contributed by atoms with E-state index < -0.39 is 5.91 Å². The van der Waals surface area contributed by atoms with E-state index in [1.807, 2.05) is 35.6 Å². The Balaban J connectivity index is 1.76. The lowest BCUT2D eigenvalue weighted by molar-refractivity contribution is -0.676. The number of nitrogens with two attached hydrogens (primary N) is 2. The predicted octanol–water partition coefficient (Wildman–Crippen LogP) is 2.84. The minimum atomic E-state index is -0.584. The number of hydrogen-bond donors (Lipinski definition) is 3. The second kappa shape index (κ2) is 9.45. The van der Waals surface area contributed by atoms with Gasteiger partial charge in [-0.2, -0.15) is 0 Å². The van der Waals surface area contributed by atoms with Crippen LogP contribution in [0, 0.1) is 5.82 Å². The van der Waals surface area contributed by atoms with E-state index in [9.17, 15) is 14.0 Å². The number of anilines is 1. The fourth-order valence-corrected chi connectivity index (χ4v) is 3.94. The Bertz CT molecular complexity index is 1000. The van der Waals surface area contributed by atoms with E-state index in [1.165, 1.54) is 29.0 Å². The second-order valence-corrected chi connectivity index (χ2v) is 7.56. The van der Waals surface area contributed by atoms with Crippen molar-refractivity contribution in [1.29, 1.82) is 0 Å². The molecule has 0 aliphatic rings. The van der Waals surface area contributed by atoms with E-state index in [-0.39, 0.29) is 24.3 Å². The third-order valence-corrected chi connectivity index (χ3v) is 5.51. The van der Waals surface area contributed by atoms with Gasteiger partial charge in [0.2, 0.25) is 0 Å². The predicted molar refractivity (Wildman–Crippen MR) is 112 cm³/mol. The number of thiophene rings is 1. The number of hydrogen-bond acceptors (Lipinski definition) is 3. The molecule has 0 bridgehead atoms. The van der Waals surface area contributed by atoms with Crippen LogP contribution in [0.25, 0.3) is 0 Å². The highest BCUT2D eigenvalue weighted by Gasteiger charge is 2.21. The van der Waals surface area contributed by atoms with Gasteiger partial charge in [-0.25, -0.2) is 4.39 Å². The van der Waals surface area contributed by atoms with Crippen molar-refractivity contribution in [3.8, 4) is 0 Å². The number of halogens is 1. The van der Waals surface area contributed by atoms with Gasteiger partial charge in [0.15, 0.2) is 6.54 Å². The third kappa shape index (κ3) is 5.28. The SMILES string of the molecule is CCc1ccc([C@H]([NH2+]CC(=O)Nc2sccc2C(N)=O)c2cccc(F)c2)cc1. The maximum atomic E-state index is 13.8. The van der Waals surface area contributed by atoms with E-state index in [1.54, 1.807) is 17.5 Å². The van der Waals surface area contributed by atoms with Crippen LogP contribution in [-0.2, 0) is 11.2 Å². The van der Waals surface area contributed by atoms with Gasteiger partial charge in [-0.15, -0.1) is 11.3 Å². The first-order valence-electron chi connectivity index (χ1n) is 9.32. The zero-order valence-corrected chi connectivity index (χ0v) is 16.8. The summed E-state index contributed by atoms with van der Waals surface area (Å²) in [6.07, 6.45) is 0.931. The first-order chi connectivity index (χ1) is 14.0. The van der Waals surface area contributed by atoms with Crippen molar-refractivity contribution >= 4 is 28.2 Å². The summed E-state index contributed by atoms with van der Waals surface area (Å²) in [6.45, 7) is 2.19. The molecule has 0 spiro atoms. The summed E-state index contributed by atoms with van der Waals surface area (Å²) in [7, 11) is 0. The summed E-state index contributed by atoms with van der Waals surface area (Å²) in [6, 6.07) is 15.8. The maximum absolute atomic E-state index is 13.8. The van der Waals surface area contributed by atoms with Crippen LogP contribution in [0.2, 0.25) is 0 Å². The molecule has 1 heterocycles. The molecule has 0 saturated carbocycles. The molecule has 2 aromatic carbocycles. The van der Waals surface area contributed by atoms with Crippen LogP contribution in [0.15, 0.2) is 60.0 Å². The van der Waals surface area contributed by atoms with Gasteiger partial charge in [0.25, 0.3) is 11.8 Å². The molecule has 0 radical (unpaired) electrons. The van der Waals surface area contributed by atoms with Crippen LogP contribution >= 0.6 is 11.3 Å². The van der Waals surface area contributed by atoms with Crippen LogP contribution in [0.3, 0.4) is 0 Å². The molecule has 0 saturated heterocycles. The average molecular weight is 413 g/mol. The lowest BCUT2D eigenvalue weighted by Gasteiger charge is -2.17. The van der Waals surface area contributed by atoms with Gasteiger partial charge < -0.3 is 16.4 Å². The van der Waals surface area contributed by atoms with Crippen LogP contribution in [0.1, 0.15) is 40.0 Å². The average Bonchev–Trinajstić information content (AvgIpc) is 3.17. The Morgan fingerprint density at radius 3 is 2.55 bits per heavy atom. The molecule has 5 nitrogen and oxygen atoms in total. The summed E-state index contributed by atoms with van der Waals surface area (Å²) >= 11 is 1.24. The zero-order chi connectivity index (χ0) is 20.8. The van der Waals surface area contributed by atoms with Crippen molar-refractivity contribution < 1.29 is 19.3 Å². The number of amides is 2. The van der Waals surface area contributed by atoms with Crippen molar-refractivity contribution in [1.82, 2.24) is 0 Å². The highest BCUT2D eigenvalue weighted by Crippen LogP contribution is 2.23. The Hall–Kier alpha value is -3.03. The Morgan fingerprint density at radius 1 is 1.14 bits per heavy atom. The van der Waals surface area contributed by atoms with E-state index in [0.717, 1.165) is 17.5 Å². The largest absolute Gasteiger partial charge is 0.366 e. The van der Waals surface area contributed by atoms with Gasteiger partial charge in [-0.1, -0.05) is 43.3 Å². The second-order valence-electron chi connectivity index (χ2n) is 6.64. The normalized spacial score (nSPS) is 11.8. The lowest BCUT2D eigenvalue weighted by Crippen LogP contribution is -2.87. The van der Waals surface area contributed by atoms with E-state index in [0.29, 0.717) is 10.6 Å². The van der Waals surface area contributed by atoms with Crippen LogP contribution in [0.4, 0.5) is 9.39 Å². The molecular weight excluding hydrogens is 389 g/mol. The number of primary amides is 1. The van der Waals surface area contributed by atoms with Gasteiger partial charge in [0, 0.05) is 11.1 Å². The van der Waals surface area contributed by atoms with Crippen molar-refractivity contribution in [3.05, 3.63) is 88.0 Å². The summed E-state index contributed by atoms with van der Waals surface area (Å²) in [5.74, 6) is -1.17. The van der Waals surface area contributed by atoms with Crippen molar-refractivity contribution in [2.45, 2.75) is 19.4 Å². The monoisotopic (exact) mass is 412 g/mol. The molecule has 0 aliphatic heterocycles. The summed E-state index contributed by atoms with van der Waals surface area (Å²) < 4.78 is 13.8. The highest BCUT2D eigenvalue weighted by molar-refractivity contribution is 7.14. The number of aryl methyl sites for hydroxylation is 1. The molecule has 1 aromatic heterocycles. The summed E-state index contributed by atoms with van der Waals surface area (Å²) in [4.78, 5) is 23.9. The molecule has 0 unspecified atom stereocenters. The minimum Gasteiger partial charge on any atom is -0.366 e. The van der Waals surface area contributed by atoms with Gasteiger partial charge >= 0.3 is 0 Å². The molecule has 0 aliphatic carbocycles. The first-order valence-corrected chi connectivity index (χ1v) is 10.2. The van der Waals surface area contributed by atoms with Gasteiger partial charge in [-0.3, -0.25) is 9.59 Å². The smallest absolute Gasteiger partial charge is 0.280 e. The Labute approximate surface area is 172 Å². The molecule has 29 heavy (non-hydrogen) atoms. The van der Waals surface area contributed by atoms with Gasteiger partial charge in [0.1, 0.15) is 16.9 Å². The quantitative estimate of drug-likeness (QED) is 0.531. The maximum Gasteiger partial charge on any atom is 0.280 e. The topological polar surface area (TPSA) is 88.8 Å². The van der Waals surface area contributed by atoms with Crippen LogP contribution in [0.5, 0.6) is 0 Å². The van der Waals surface area contributed by atoms with Crippen LogP contribution in [-0.4, -0.2) is 18.4 Å². The fourth-order valence-electron chi connectivity index (χ4n) is 3.13. The molecular formula is C22H23FN3O2S+. The van der Waals surface area contributed by atoms with Crippen molar-refractivity contribution in [3.63, 3.8) is 0 Å². The number of rotatable bonds is 8. The molecule has 3 rings (SSSR count). The molecule has 3 aromatic rings. The van der Waals surface area contributed by atoms with E-state index in [2.05, 4.69) is 12.2 Å². The third-order valence-electron chi connectivity index (χ3n) is 4.68. The zero-order valence-electron chi connectivity index (χ0n) is 16.0. The minimum absolute atomic E-state index is 0.104. The highest BCUT2D eigenvalue weighted by atomic mass is 32.1. The lowest BCUT2D eigenvalue weighted by atomic mass is 9.97. The molecule has 150 valence electrons. The number of carbonyl (C=O) groups is 2. The first kappa shape index (κ1) is 20.7. The van der Waals surface area contributed by atoms with Crippen molar-refractivity contribution in [2.24, 2.45) is 5.73 Å². The van der Waals surface area contributed by atoms with Gasteiger partial charge in [-0.05, 0) is 35.6 Å². The molecule has 7 heteroatoms. The summed E-state index contributed by atoms with van der Waals surface area (Å²) in [5.41, 5.74) is 8.58. The standard InChI is InChI=1S/C22H22FN3O2S/c1-2-14-6-8-15(9-7-14)20(16-4-3-5-17(23)12-16)25-13-19(27)26-22-18(21(24)28)10-11-29-22/h3-12,20,25H,2,13H2,1H3,(H2,24,28)(H,26,27)/p+1/t20-/m0/s1. The number of quaternary nitrogens is 1. The molecule has 5 N–H and O–H groups in total. The molecule has 0 fully saturated rings. The molecule has 1 atom stereocenters. The Morgan fingerprint density at radius 2 is 1.90 bits per heavy atom. The molecule has 2 amide bonds. The number of benzene rings is 2. The Kier molecular flexibility index (Phi) is 6.74.